The molecule has 0 heterocycles. The summed E-state index contributed by atoms with van der Waals surface area (Å²) in [6, 6.07) is 10.6. The van der Waals surface area contributed by atoms with Crippen molar-refractivity contribution in [2.24, 2.45) is 0 Å². The molecular formula is C16H17BrFNO. The SMILES string of the molecule is CCNCc1cc(C)ccc1Oc1cc(Br)ccc1F. The lowest BCUT2D eigenvalue weighted by Gasteiger charge is -2.13. The molecule has 0 amide bonds. The second-order valence-electron chi connectivity index (χ2n) is 4.57. The fraction of sp³-hybridized carbons (Fsp3) is 0.250. The first-order chi connectivity index (χ1) is 9.60. The van der Waals surface area contributed by atoms with E-state index in [0.29, 0.717) is 12.3 Å². The number of hydrogen-bond acceptors (Lipinski definition) is 2. The maximum atomic E-state index is 13.8. The minimum absolute atomic E-state index is 0.223. The molecule has 1 N–H and O–H groups in total. The Kier molecular flexibility index (Phi) is 5.15. The fourth-order valence-electron chi connectivity index (χ4n) is 1.88. The van der Waals surface area contributed by atoms with Crippen LogP contribution in [0.3, 0.4) is 0 Å². The van der Waals surface area contributed by atoms with Crippen molar-refractivity contribution in [2.75, 3.05) is 6.54 Å². The number of ether oxygens (including phenoxy) is 1. The molecule has 0 atom stereocenters. The zero-order valence-corrected chi connectivity index (χ0v) is 13.1. The quantitative estimate of drug-likeness (QED) is 0.846. The third-order valence-electron chi connectivity index (χ3n) is 2.89. The summed E-state index contributed by atoms with van der Waals surface area (Å²) < 4.78 is 20.3. The highest BCUT2D eigenvalue weighted by atomic mass is 79.9. The number of nitrogens with one attached hydrogen (secondary N) is 1. The van der Waals surface area contributed by atoms with E-state index in [2.05, 4.69) is 21.2 Å². The summed E-state index contributed by atoms with van der Waals surface area (Å²) >= 11 is 3.32. The molecule has 0 saturated heterocycles. The molecule has 2 aromatic carbocycles. The van der Waals surface area contributed by atoms with Crippen LogP contribution in [0.15, 0.2) is 40.9 Å². The van der Waals surface area contributed by atoms with Crippen LogP contribution in [0.4, 0.5) is 4.39 Å². The van der Waals surface area contributed by atoms with Crippen molar-refractivity contribution in [1.82, 2.24) is 5.32 Å². The van der Waals surface area contributed by atoms with Gasteiger partial charge in [0.2, 0.25) is 0 Å². The van der Waals surface area contributed by atoms with Gasteiger partial charge in [-0.1, -0.05) is 40.5 Å². The Morgan fingerprint density at radius 3 is 2.70 bits per heavy atom. The summed E-state index contributed by atoms with van der Waals surface area (Å²) in [7, 11) is 0. The third-order valence-corrected chi connectivity index (χ3v) is 3.39. The summed E-state index contributed by atoms with van der Waals surface area (Å²) in [5.41, 5.74) is 2.17. The van der Waals surface area contributed by atoms with E-state index in [0.717, 1.165) is 22.1 Å². The zero-order valence-electron chi connectivity index (χ0n) is 11.5. The molecular weight excluding hydrogens is 321 g/mol. The van der Waals surface area contributed by atoms with Crippen LogP contribution in [-0.2, 0) is 6.54 Å². The van der Waals surface area contributed by atoms with Gasteiger partial charge in [-0.15, -0.1) is 0 Å². The summed E-state index contributed by atoms with van der Waals surface area (Å²) in [6.07, 6.45) is 0. The summed E-state index contributed by atoms with van der Waals surface area (Å²) in [4.78, 5) is 0. The molecule has 2 nitrogen and oxygen atoms in total. The van der Waals surface area contributed by atoms with Gasteiger partial charge in [0.05, 0.1) is 0 Å². The van der Waals surface area contributed by atoms with E-state index in [1.54, 1.807) is 12.1 Å². The topological polar surface area (TPSA) is 21.3 Å². The first kappa shape index (κ1) is 15.0. The van der Waals surface area contributed by atoms with E-state index in [1.807, 2.05) is 32.0 Å². The van der Waals surface area contributed by atoms with Crippen molar-refractivity contribution in [3.63, 3.8) is 0 Å². The Balaban J connectivity index is 2.30. The van der Waals surface area contributed by atoms with Crippen LogP contribution in [0.2, 0.25) is 0 Å². The van der Waals surface area contributed by atoms with Gasteiger partial charge < -0.3 is 10.1 Å². The monoisotopic (exact) mass is 337 g/mol. The molecule has 0 aliphatic rings. The van der Waals surface area contributed by atoms with Crippen molar-refractivity contribution in [1.29, 1.82) is 0 Å². The lowest BCUT2D eigenvalue weighted by atomic mass is 10.1. The first-order valence-electron chi connectivity index (χ1n) is 6.53. The maximum absolute atomic E-state index is 13.8. The van der Waals surface area contributed by atoms with Gasteiger partial charge >= 0.3 is 0 Å². The Labute approximate surface area is 127 Å². The minimum Gasteiger partial charge on any atom is -0.454 e. The Bertz CT molecular complexity index is 601. The molecule has 4 heteroatoms. The molecule has 2 rings (SSSR count). The second kappa shape index (κ2) is 6.86. The number of hydrogen-bond donors (Lipinski definition) is 1. The molecule has 20 heavy (non-hydrogen) atoms. The van der Waals surface area contributed by atoms with Crippen molar-refractivity contribution in [3.8, 4) is 11.5 Å². The fourth-order valence-corrected chi connectivity index (χ4v) is 2.22. The van der Waals surface area contributed by atoms with Crippen LogP contribution in [0.1, 0.15) is 18.1 Å². The van der Waals surface area contributed by atoms with Gasteiger partial charge in [0.1, 0.15) is 5.75 Å². The highest BCUT2D eigenvalue weighted by molar-refractivity contribution is 9.10. The summed E-state index contributed by atoms with van der Waals surface area (Å²) in [5.74, 6) is 0.526. The molecule has 0 aliphatic carbocycles. The van der Waals surface area contributed by atoms with E-state index < -0.39 is 0 Å². The average molecular weight is 338 g/mol. The van der Waals surface area contributed by atoms with Gasteiger partial charge in [-0.25, -0.2) is 4.39 Å². The van der Waals surface area contributed by atoms with Gasteiger partial charge in [-0.05, 0) is 37.7 Å². The third kappa shape index (κ3) is 3.81. The van der Waals surface area contributed by atoms with Crippen molar-refractivity contribution in [3.05, 3.63) is 57.8 Å². The van der Waals surface area contributed by atoms with Gasteiger partial charge in [-0.3, -0.25) is 0 Å². The van der Waals surface area contributed by atoms with Gasteiger partial charge in [0, 0.05) is 16.6 Å². The van der Waals surface area contributed by atoms with Crippen LogP contribution in [0, 0.1) is 12.7 Å². The number of rotatable bonds is 5. The molecule has 0 unspecified atom stereocenters. The zero-order chi connectivity index (χ0) is 14.5. The van der Waals surface area contributed by atoms with E-state index >= 15 is 0 Å². The smallest absolute Gasteiger partial charge is 0.165 e. The molecule has 0 fully saturated rings. The van der Waals surface area contributed by atoms with Crippen LogP contribution in [-0.4, -0.2) is 6.54 Å². The van der Waals surface area contributed by atoms with Gasteiger partial charge in [0.25, 0.3) is 0 Å². The van der Waals surface area contributed by atoms with Crippen LogP contribution in [0.25, 0.3) is 0 Å². The van der Waals surface area contributed by atoms with Crippen LogP contribution in [0.5, 0.6) is 11.5 Å². The molecule has 0 spiro atoms. The molecule has 0 radical (unpaired) electrons. The largest absolute Gasteiger partial charge is 0.454 e. The summed E-state index contributed by atoms with van der Waals surface area (Å²) in [5, 5.41) is 3.26. The second-order valence-corrected chi connectivity index (χ2v) is 5.48. The van der Waals surface area contributed by atoms with Crippen molar-refractivity contribution < 1.29 is 9.13 Å². The van der Waals surface area contributed by atoms with Crippen LogP contribution >= 0.6 is 15.9 Å². The van der Waals surface area contributed by atoms with E-state index in [-0.39, 0.29) is 11.6 Å². The van der Waals surface area contributed by atoms with Crippen molar-refractivity contribution >= 4 is 15.9 Å². The molecule has 0 saturated carbocycles. The predicted molar refractivity (Wildman–Crippen MR) is 82.7 cm³/mol. The van der Waals surface area contributed by atoms with E-state index in [4.69, 9.17) is 4.74 Å². The molecule has 0 aliphatic heterocycles. The first-order valence-corrected chi connectivity index (χ1v) is 7.32. The Morgan fingerprint density at radius 1 is 1.15 bits per heavy atom. The molecule has 0 aromatic heterocycles. The Hall–Kier alpha value is -1.39. The number of aryl methyl sites for hydroxylation is 1. The lowest BCUT2D eigenvalue weighted by molar-refractivity contribution is 0.435. The number of benzene rings is 2. The Morgan fingerprint density at radius 2 is 1.95 bits per heavy atom. The van der Waals surface area contributed by atoms with Crippen LogP contribution < -0.4 is 10.1 Å². The molecule has 2 aromatic rings. The maximum Gasteiger partial charge on any atom is 0.165 e. The molecule has 0 bridgehead atoms. The standard InChI is InChI=1S/C16H17BrFNO/c1-3-19-10-12-8-11(2)4-7-15(12)20-16-9-13(17)5-6-14(16)18/h4-9,19H,3,10H2,1-2H3. The highest BCUT2D eigenvalue weighted by Gasteiger charge is 2.09. The average Bonchev–Trinajstić information content (AvgIpc) is 2.43. The van der Waals surface area contributed by atoms with E-state index in [1.165, 1.54) is 6.07 Å². The normalized spacial score (nSPS) is 10.6. The van der Waals surface area contributed by atoms with Gasteiger partial charge in [0.15, 0.2) is 11.6 Å². The highest BCUT2D eigenvalue weighted by Crippen LogP contribution is 2.30. The van der Waals surface area contributed by atoms with Gasteiger partial charge in [-0.2, -0.15) is 0 Å². The summed E-state index contributed by atoms with van der Waals surface area (Å²) in [6.45, 7) is 5.64. The van der Waals surface area contributed by atoms with E-state index in [9.17, 15) is 4.39 Å². The molecule has 106 valence electrons. The lowest BCUT2D eigenvalue weighted by Crippen LogP contribution is -2.12. The van der Waals surface area contributed by atoms with Crippen molar-refractivity contribution in [2.45, 2.75) is 20.4 Å². The predicted octanol–water partition coefficient (Wildman–Crippen LogP) is 4.80. The minimum atomic E-state index is -0.372. The number of halogens is 2.